The number of rotatable bonds is 5. The van der Waals surface area contributed by atoms with Crippen molar-refractivity contribution in [2.45, 2.75) is 18.7 Å². The van der Waals surface area contributed by atoms with Crippen molar-refractivity contribution < 1.29 is 17.9 Å². The molecule has 1 aromatic rings. The molecule has 0 spiro atoms. The van der Waals surface area contributed by atoms with E-state index in [1.54, 1.807) is 13.8 Å². The van der Waals surface area contributed by atoms with Gasteiger partial charge >= 0.3 is 0 Å². The molecule has 0 amide bonds. The molecule has 4 N–H and O–H groups in total. The van der Waals surface area contributed by atoms with Crippen LogP contribution in [0.2, 0.25) is 0 Å². The van der Waals surface area contributed by atoms with Crippen LogP contribution in [0.5, 0.6) is 11.5 Å². The Morgan fingerprint density at radius 3 is 2.12 bits per heavy atom. The van der Waals surface area contributed by atoms with Crippen molar-refractivity contribution in [3.05, 3.63) is 12.1 Å². The quantitative estimate of drug-likeness (QED) is 0.759. The zero-order chi connectivity index (χ0) is 13.1. The molecule has 7 heteroatoms. The summed E-state index contributed by atoms with van der Waals surface area (Å²) in [7, 11) is -3.87. The van der Waals surface area contributed by atoms with E-state index >= 15 is 0 Å². The molecule has 0 aliphatic rings. The summed E-state index contributed by atoms with van der Waals surface area (Å²) in [4.78, 5) is -0.139. The van der Waals surface area contributed by atoms with E-state index < -0.39 is 10.0 Å². The Morgan fingerprint density at radius 2 is 1.65 bits per heavy atom. The van der Waals surface area contributed by atoms with Crippen LogP contribution in [0.15, 0.2) is 17.0 Å². The number of ether oxygens (including phenoxy) is 2. The highest BCUT2D eigenvalue weighted by atomic mass is 32.2. The van der Waals surface area contributed by atoms with Crippen LogP contribution in [0.3, 0.4) is 0 Å². The number of hydrogen-bond acceptors (Lipinski definition) is 5. The zero-order valence-electron chi connectivity index (χ0n) is 9.76. The first-order valence-electron chi connectivity index (χ1n) is 5.12. The van der Waals surface area contributed by atoms with E-state index in [2.05, 4.69) is 0 Å². The van der Waals surface area contributed by atoms with E-state index in [4.69, 9.17) is 20.3 Å². The van der Waals surface area contributed by atoms with Gasteiger partial charge in [-0.15, -0.1) is 0 Å². The second kappa shape index (κ2) is 5.24. The highest BCUT2D eigenvalue weighted by Gasteiger charge is 2.18. The average Bonchev–Trinajstić information content (AvgIpc) is 2.21. The van der Waals surface area contributed by atoms with Gasteiger partial charge in [0.25, 0.3) is 0 Å². The monoisotopic (exact) mass is 260 g/mol. The van der Waals surface area contributed by atoms with Gasteiger partial charge in [-0.3, -0.25) is 0 Å². The molecule has 0 aromatic heterocycles. The summed E-state index contributed by atoms with van der Waals surface area (Å²) in [5, 5.41) is 5.08. The third kappa shape index (κ3) is 3.24. The van der Waals surface area contributed by atoms with Gasteiger partial charge in [-0.05, 0) is 19.9 Å². The Kier molecular flexibility index (Phi) is 4.19. The van der Waals surface area contributed by atoms with Crippen LogP contribution >= 0.6 is 0 Å². The predicted octanol–water partition coefficient (Wildman–Crippen LogP) is 0.714. The number of anilines is 1. The largest absolute Gasteiger partial charge is 0.492 e. The molecule has 0 radical (unpaired) electrons. The number of nitrogens with two attached hydrogens (primary N) is 2. The van der Waals surface area contributed by atoms with Gasteiger partial charge in [-0.25, -0.2) is 13.6 Å². The lowest BCUT2D eigenvalue weighted by atomic mass is 10.3. The van der Waals surface area contributed by atoms with E-state index in [0.717, 1.165) is 0 Å². The van der Waals surface area contributed by atoms with Gasteiger partial charge in [-0.1, -0.05) is 0 Å². The molecule has 1 rings (SSSR count). The fourth-order valence-corrected chi connectivity index (χ4v) is 2.02. The molecule has 0 fully saturated rings. The lowest BCUT2D eigenvalue weighted by Gasteiger charge is -2.13. The molecule has 0 saturated carbocycles. The summed E-state index contributed by atoms with van der Waals surface area (Å²) >= 11 is 0. The Bertz CT molecular complexity index is 499. The van der Waals surface area contributed by atoms with Crippen LogP contribution in [0.1, 0.15) is 13.8 Å². The van der Waals surface area contributed by atoms with Crippen molar-refractivity contribution in [3.63, 3.8) is 0 Å². The van der Waals surface area contributed by atoms with Gasteiger partial charge in [0.2, 0.25) is 10.0 Å². The maximum atomic E-state index is 11.4. The highest BCUT2D eigenvalue weighted by Crippen LogP contribution is 2.33. The van der Waals surface area contributed by atoms with Crippen molar-refractivity contribution in [2.75, 3.05) is 18.9 Å². The lowest BCUT2D eigenvalue weighted by molar-refractivity contribution is 0.318. The molecule has 17 heavy (non-hydrogen) atoms. The van der Waals surface area contributed by atoms with Gasteiger partial charge in [0.05, 0.1) is 18.9 Å². The second-order valence-electron chi connectivity index (χ2n) is 3.25. The second-order valence-corrected chi connectivity index (χ2v) is 4.78. The Hall–Kier alpha value is -1.47. The molecule has 96 valence electrons. The first-order valence-corrected chi connectivity index (χ1v) is 6.66. The van der Waals surface area contributed by atoms with Gasteiger partial charge in [0.15, 0.2) is 0 Å². The first-order chi connectivity index (χ1) is 7.90. The van der Waals surface area contributed by atoms with E-state index in [9.17, 15) is 8.42 Å². The SMILES string of the molecule is CCOc1cc(OCC)c(S(N)(=O)=O)cc1N. The summed E-state index contributed by atoms with van der Waals surface area (Å²) in [5.41, 5.74) is 5.88. The molecule has 0 aliphatic heterocycles. The van der Waals surface area contributed by atoms with E-state index in [1.165, 1.54) is 12.1 Å². The fraction of sp³-hybridized carbons (Fsp3) is 0.400. The van der Waals surface area contributed by atoms with Gasteiger partial charge in [-0.2, -0.15) is 0 Å². The molecular weight excluding hydrogens is 244 g/mol. The smallest absolute Gasteiger partial charge is 0.241 e. The molecule has 0 bridgehead atoms. The third-order valence-corrected chi connectivity index (χ3v) is 2.91. The normalized spacial score (nSPS) is 11.2. The molecular formula is C10H16N2O4S. The molecule has 0 unspecified atom stereocenters. The van der Waals surface area contributed by atoms with Gasteiger partial charge < -0.3 is 15.2 Å². The zero-order valence-corrected chi connectivity index (χ0v) is 10.6. The van der Waals surface area contributed by atoms with Crippen molar-refractivity contribution in [1.82, 2.24) is 0 Å². The van der Waals surface area contributed by atoms with Crippen molar-refractivity contribution in [2.24, 2.45) is 5.14 Å². The lowest BCUT2D eigenvalue weighted by Crippen LogP contribution is -2.15. The molecule has 0 aliphatic carbocycles. The summed E-state index contributed by atoms with van der Waals surface area (Å²) in [6.45, 7) is 4.28. The summed E-state index contributed by atoms with van der Waals surface area (Å²) in [5.74, 6) is 0.524. The molecule has 0 atom stereocenters. The standard InChI is InChI=1S/C10H16N2O4S/c1-3-15-8-6-9(16-4-2)10(5-7(8)11)17(12,13)14/h5-6H,3-4,11H2,1-2H3,(H2,12,13,14). The van der Waals surface area contributed by atoms with Crippen LogP contribution in [-0.2, 0) is 10.0 Å². The molecule has 0 saturated heterocycles. The summed E-state index contributed by atoms with van der Waals surface area (Å²) in [6, 6.07) is 2.67. The van der Waals surface area contributed by atoms with Gasteiger partial charge in [0.1, 0.15) is 16.4 Å². The van der Waals surface area contributed by atoms with Crippen LogP contribution < -0.4 is 20.3 Å². The summed E-state index contributed by atoms with van der Waals surface area (Å²) < 4.78 is 33.2. The predicted molar refractivity (Wildman–Crippen MR) is 64.6 cm³/mol. The van der Waals surface area contributed by atoms with E-state index in [-0.39, 0.29) is 16.3 Å². The minimum absolute atomic E-state index is 0.139. The number of benzene rings is 1. The minimum Gasteiger partial charge on any atom is -0.492 e. The first kappa shape index (κ1) is 13.6. The number of sulfonamides is 1. The third-order valence-electron chi connectivity index (χ3n) is 1.98. The van der Waals surface area contributed by atoms with Crippen LogP contribution in [-0.4, -0.2) is 21.6 Å². The fourth-order valence-electron chi connectivity index (χ4n) is 1.33. The van der Waals surface area contributed by atoms with Crippen molar-refractivity contribution in [1.29, 1.82) is 0 Å². The highest BCUT2D eigenvalue weighted by molar-refractivity contribution is 7.89. The topological polar surface area (TPSA) is 105 Å². The molecule has 6 nitrogen and oxygen atoms in total. The Morgan fingerprint density at radius 1 is 1.12 bits per heavy atom. The maximum Gasteiger partial charge on any atom is 0.241 e. The number of nitrogen functional groups attached to an aromatic ring is 1. The van der Waals surface area contributed by atoms with Crippen molar-refractivity contribution in [3.8, 4) is 11.5 Å². The Labute approximate surface area is 101 Å². The Balaban J connectivity index is 3.35. The van der Waals surface area contributed by atoms with Crippen LogP contribution in [0, 0.1) is 0 Å². The number of hydrogen-bond donors (Lipinski definition) is 2. The minimum atomic E-state index is -3.87. The number of primary sulfonamides is 1. The van der Waals surface area contributed by atoms with Crippen LogP contribution in [0.4, 0.5) is 5.69 Å². The maximum absolute atomic E-state index is 11.4. The summed E-state index contributed by atoms with van der Waals surface area (Å²) in [6.07, 6.45) is 0. The van der Waals surface area contributed by atoms with E-state index in [0.29, 0.717) is 19.0 Å². The van der Waals surface area contributed by atoms with Crippen LogP contribution in [0.25, 0.3) is 0 Å². The molecule has 0 heterocycles. The average molecular weight is 260 g/mol. The van der Waals surface area contributed by atoms with E-state index in [1.807, 2.05) is 0 Å². The molecule has 1 aromatic carbocycles. The van der Waals surface area contributed by atoms with Crippen molar-refractivity contribution >= 4 is 15.7 Å². The van der Waals surface area contributed by atoms with Gasteiger partial charge in [0, 0.05) is 6.07 Å².